The summed E-state index contributed by atoms with van der Waals surface area (Å²) in [5.74, 6) is 0. The maximum atomic E-state index is 5.60. The zero-order valence-corrected chi connectivity index (χ0v) is 9.69. The van der Waals surface area contributed by atoms with Gasteiger partial charge in [0.05, 0.1) is 5.69 Å². The third-order valence-electron chi connectivity index (χ3n) is 3.00. The topological polar surface area (TPSA) is 22.1 Å². The smallest absolute Gasteiger partial charge is 0.125 e. The van der Waals surface area contributed by atoms with Crippen LogP contribution in [0.3, 0.4) is 0 Å². The molecular weight excluding hydrogens is 194 g/mol. The molecule has 0 amide bonds. The summed E-state index contributed by atoms with van der Waals surface area (Å²) in [6.45, 7) is 2.19. The first-order chi connectivity index (χ1) is 6.80. The lowest BCUT2D eigenvalue weighted by Gasteiger charge is -2.38. The van der Waals surface area contributed by atoms with Crippen LogP contribution < -0.4 is 0 Å². The fourth-order valence-corrected chi connectivity index (χ4v) is 2.98. The minimum atomic E-state index is -0.0172. The predicted molar refractivity (Wildman–Crippen MR) is 58.6 cm³/mol. The van der Waals surface area contributed by atoms with Crippen LogP contribution in [0.2, 0.25) is 0 Å². The fraction of sp³-hybridized carbons (Fsp3) is 0.727. The largest absolute Gasteiger partial charge is 0.371 e. The van der Waals surface area contributed by atoms with Gasteiger partial charge in [-0.2, -0.15) is 0 Å². The van der Waals surface area contributed by atoms with Crippen molar-refractivity contribution in [3.05, 3.63) is 16.1 Å². The second-order valence-corrected chi connectivity index (χ2v) is 4.80. The Hall–Kier alpha value is -0.410. The Morgan fingerprint density at radius 3 is 2.86 bits per heavy atom. The summed E-state index contributed by atoms with van der Waals surface area (Å²) in [5, 5.41) is 3.37. The van der Waals surface area contributed by atoms with Crippen LogP contribution in [0, 0.1) is 0 Å². The minimum Gasteiger partial charge on any atom is -0.371 e. The van der Waals surface area contributed by atoms with Crippen LogP contribution in [0.25, 0.3) is 0 Å². The van der Waals surface area contributed by atoms with Gasteiger partial charge in [0.1, 0.15) is 10.6 Å². The molecule has 0 aromatic carbocycles. The fourth-order valence-electron chi connectivity index (χ4n) is 1.89. The molecule has 0 aliphatic heterocycles. The van der Waals surface area contributed by atoms with Crippen LogP contribution in [0.4, 0.5) is 0 Å². The van der Waals surface area contributed by atoms with Gasteiger partial charge in [0.15, 0.2) is 0 Å². The Balaban J connectivity index is 2.15. The zero-order valence-electron chi connectivity index (χ0n) is 8.88. The Labute approximate surface area is 89.3 Å². The van der Waals surface area contributed by atoms with Crippen LogP contribution in [-0.4, -0.2) is 12.1 Å². The highest BCUT2D eigenvalue weighted by Crippen LogP contribution is 2.45. The van der Waals surface area contributed by atoms with Crippen molar-refractivity contribution in [2.24, 2.45) is 0 Å². The molecule has 1 fully saturated rings. The van der Waals surface area contributed by atoms with Gasteiger partial charge in [-0.25, -0.2) is 4.98 Å². The van der Waals surface area contributed by atoms with Crippen molar-refractivity contribution in [2.45, 2.75) is 44.6 Å². The normalized spacial score (nSPS) is 19.3. The quantitative estimate of drug-likeness (QED) is 0.763. The van der Waals surface area contributed by atoms with Crippen LogP contribution in [-0.2, 0) is 16.8 Å². The van der Waals surface area contributed by atoms with Crippen molar-refractivity contribution in [1.29, 1.82) is 0 Å². The highest BCUT2D eigenvalue weighted by Gasteiger charge is 2.41. The van der Waals surface area contributed by atoms with Crippen LogP contribution >= 0.6 is 11.3 Å². The summed E-state index contributed by atoms with van der Waals surface area (Å²) in [6.07, 6.45) is 5.82. The van der Waals surface area contributed by atoms with Crippen molar-refractivity contribution in [3.63, 3.8) is 0 Å². The minimum absolute atomic E-state index is 0.0172. The lowest BCUT2D eigenvalue weighted by Crippen LogP contribution is -2.35. The first kappa shape index (κ1) is 10.1. The highest BCUT2D eigenvalue weighted by atomic mass is 32.1. The molecule has 1 saturated carbocycles. The zero-order chi connectivity index (χ0) is 10.0. The van der Waals surface area contributed by atoms with Crippen LogP contribution in [0.1, 0.15) is 43.3 Å². The molecule has 78 valence electrons. The number of nitrogens with zero attached hydrogens (tertiary/aromatic N) is 1. The van der Waals surface area contributed by atoms with E-state index in [1.807, 2.05) is 0 Å². The van der Waals surface area contributed by atoms with Gasteiger partial charge >= 0.3 is 0 Å². The first-order valence-corrected chi connectivity index (χ1v) is 6.19. The second kappa shape index (κ2) is 3.99. The number of hydrogen-bond donors (Lipinski definition) is 0. The molecule has 14 heavy (non-hydrogen) atoms. The molecule has 1 aromatic rings. The number of methoxy groups -OCH3 is 1. The summed E-state index contributed by atoms with van der Waals surface area (Å²) in [4.78, 5) is 4.66. The maximum absolute atomic E-state index is 5.60. The van der Waals surface area contributed by atoms with Crippen molar-refractivity contribution in [3.8, 4) is 0 Å². The van der Waals surface area contributed by atoms with E-state index in [4.69, 9.17) is 4.74 Å². The average Bonchev–Trinajstić information content (AvgIpc) is 2.54. The van der Waals surface area contributed by atoms with Gasteiger partial charge in [-0.15, -0.1) is 11.3 Å². The molecule has 2 nitrogen and oxygen atoms in total. The van der Waals surface area contributed by atoms with Gasteiger partial charge in [-0.05, 0) is 25.7 Å². The Morgan fingerprint density at radius 2 is 2.36 bits per heavy atom. The summed E-state index contributed by atoms with van der Waals surface area (Å²) >= 11 is 1.76. The molecule has 0 spiro atoms. The number of rotatable bonds is 4. The third kappa shape index (κ3) is 1.59. The Bertz CT molecular complexity index is 298. The van der Waals surface area contributed by atoms with E-state index in [1.54, 1.807) is 18.4 Å². The molecule has 3 heteroatoms. The number of aromatic nitrogens is 1. The van der Waals surface area contributed by atoms with E-state index in [1.165, 1.54) is 23.5 Å². The highest BCUT2D eigenvalue weighted by molar-refractivity contribution is 7.09. The summed E-state index contributed by atoms with van der Waals surface area (Å²) in [6, 6.07) is 0. The number of ether oxygens (including phenoxy) is 1. The molecule has 0 bridgehead atoms. The van der Waals surface area contributed by atoms with Crippen molar-refractivity contribution >= 4 is 11.3 Å². The molecule has 1 aromatic heterocycles. The molecule has 0 unspecified atom stereocenters. The summed E-state index contributed by atoms with van der Waals surface area (Å²) in [7, 11) is 1.81. The van der Waals surface area contributed by atoms with E-state index >= 15 is 0 Å². The molecule has 0 saturated heterocycles. The number of hydrogen-bond acceptors (Lipinski definition) is 3. The molecule has 0 atom stereocenters. The van der Waals surface area contributed by atoms with Crippen molar-refractivity contribution < 1.29 is 4.74 Å². The van der Waals surface area contributed by atoms with E-state index < -0.39 is 0 Å². The average molecular weight is 211 g/mol. The number of aryl methyl sites for hydroxylation is 1. The van der Waals surface area contributed by atoms with Gasteiger partial charge in [-0.1, -0.05) is 13.3 Å². The molecule has 1 aliphatic carbocycles. The SMILES string of the molecule is CCCc1csc(C2(OC)CCC2)n1. The third-order valence-corrected chi connectivity index (χ3v) is 4.08. The van der Waals surface area contributed by atoms with Gasteiger partial charge in [0.2, 0.25) is 0 Å². The van der Waals surface area contributed by atoms with E-state index in [0.717, 1.165) is 19.3 Å². The molecule has 1 aliphatic rings. The maximum Gasteiger partial charge on any atom is 0.125 e. The molecule has 0 radical (unpaired) electrons. The molecular formula is C11H17NOS. The second-order valence-electron chi connectivity index (χ2n) is 3.95. The Morgan fingerprint density at radius 1 is 1.57 bits per heavy atom. The van der Waals surface area contributed by atoms with Gasteiger partial charge in [-0.3, -0.25) is 0 Å². The van der Waals surface area contributed by atoms with Crippen LogP contribution in [0.15, 0.2) is 5.38 Å². The van der Waals surface area contributed by atoms with E-state index in [0.29, 0.717) is 0 Å². The monoisotopic (exact) mass is 211 g/mol. The Kier molecular flexibility index (Phi) is 2.88. The van der Waals surface area contributed by atoms with Crippen molar-refractivity contribution in [2.75, 3.05) is 7.11 Å². The standard InChI is InChI=1S/C11H17NOS/c1-3-5-9-8-14-10(12-9)11(13-2)6-4-7-11/h8H,3-7H2,1-2H3. The summed E-state index contributed by atoms with van der Waals surface area (Å²) < 4.78 is 5.60. The predicted octanol–water partition coefficient (Wildman–Crippen LogP) is 3.12. The van der Waals surface area contributed by atoms with E-state index in [9.17, 15) is 0 Å². The van der Waals surface area contributed by atoms with Gasteiger partial charge < -0.3 is 4.74 Å². The van der Waals surface area contributed by atoms with Gasteiger partial charge in [0, 0.05) is 12.5 Å². The molecule has 1 heterocycles. The lowest BCUT2D eigenvalue weighted by atomic mass is 9.80. The molecule has 0 N–H and O–H groups in total. The molecule has 2 rings (SSSR count). The van der Waals surface area contributed by atoms with Crippen LogP contribution in [0.5, 0.6) is 0 Å². The lowest BCUT2D eigenvalue weighted by molar-refractivity contribution is -0.0780. The summed E-state index contributed by atoms with van der Waals surface area (Å²) in [5.41, 5.74) is 1.22. The number of thiazole rings is 1. The van der Waals surface area contributed by atoms with Crippen molar-refractivity contribution in [1.82, 2.24) is 4.98 Å². The van der Waals surface area contributed by atoms with Gasteiger partial charge in [0.25, 0.3) is 0 Å². The van der Waals surface area contributed by atoms with E-state index in [2.05, 4.69) is 17.3 Å². The first-order valence-electron chi connectivity index (χ1n) is 5.31. The van der Waals surface area contributed by atoms with E-state index in [-0.39, 0.29) is 5.60 Å².